The molecule has 0 amide bonds. The highest BCUT2D eigenvalue weighted by molar-refractivity contribution is 5.71. The zero-order valence-electron chi connectivity index (χ0n) is 8.68. The van der Waals surface area contributed by atoms with Crippen LogP contribution in [0.4, 0.5) is 13.2 Å². The topological polar surface area (TPSA) is 58.6 Å². The largest absolute Gasteiger partial charge is 0.481 e. The first-order valence-corrected chi connectivity index (χ1v) is 4.24. The number of hydrogen-bond donors (Lipinski definition) is 2. The van der Waals surface area contributed by atoms with Crippen molar-refractivity contribution in [2.75, 3.05) is 6.54 Å². The van der Waals surface area contributed by atoms with Gasteiger partial charge in [-0.2, -0.15) is 13.2 Å². The minimum absolute atomic E-state index is 0.672. The molecule has 0 radical (unpaired) electrons. The van der Waals surface area contributed by atoms with Gasteiger partial charge in [0.15, 0.2) is 5.92 Å². The second kappa shape index (κ2) is 4.80. The lowest BCUT2D eigenvalue weighted by atomic mass is 10.1. The number of carboxylic acids is 1. The summed E-state index contributed by atoms with van der Waals surface area (Å²) in [7, 11) is 0. The van der Waals surface area contributed by atoms with Crippen LogP contribution in [0.25, 0.3) is 0 Å². The third-order valence-corrected chi connectivity index (χ3v) is 1.36. The monoisotopic (exact) mass is 229 g/mol. The average molecular weight is 229 g/mol. The van der Waals surface area contributed by atoms with E-state index < -0.39 is 30.2 Å². The van der Waals surface area contributed by atoms with E-state index in [9.17, 15) is 18.0 Å². The molecule has 0 aromatic heterocycles. The van der Waals surface area contributed by atoms with Crippen LogP contribution in [0.15, 0.2) is 0 Å². The Hall–Kier alpha value is -0.820. The zero-order chi connectivity index (χ0) is 12.3. The maximum atomic E-state index is 12.1. The van der Waals surface area contributed by atoms with Crippen LogP contribution in [-0.4, -0.2) is 29.4 Å². The second-order valence-corrected chi connectivity index (χ2v) is 4.00. The van der Waals surface area contributed by atoms with Crippen molar-refractivity contribution in [1.82, 2.24) is 5.48 Å². The van der Waals surface area contributed by atoms with Crippen molar-refractivity contribution < 1.29 is 27.9 Å². The molecule has 0 aliphatic rings. The van der Waals surface area contributed by atoms with E-state index in [1.54, 1.807) is 20.8 Å². The van der Waals surface area contributed by atoms with Crippen molar-refractivity contribution in [2.24, 2.45) is 5.92 Å². The summed E-state index contributed by atoms with van der Waals surface area (Å²) in [6.07, 6.45) is -4.78. The molecule has 15 heavy (non-hydrogen) atoms. The quantitative estimate of drug-likeness (QED) is 0.718. The molecule has 0 rings (SSSR count). The standard InChI is InChI=1S/C8H14F3NO3/c1-7(2,3)15-12-4-5(6(13)14)8(9,10)11/h5,12H,4H2,1-3H3,(H,13,14). The van der Waals surface area contributed by atoms with Crippen LogP contribution in [0, 0.1) is 5.92 Å². The van der Waals surface area contributed by atoms with Crippen molar-refractivity contribution in [2.45, 2.75) is 32.5 Å². The van der Waals surface area contributed by atoms with E-state index in [1.165, 1.54) is 0 Å². The number of hydrogen-bond acceptors (Lipinski definition) is 3. The van der Waals surface area contributed by atoms with Gasteiger partial charge in [0.1, 0.15) is 0 Å². The molecular formula is C8H14F3NO3. The van der Waals surface area contributed by atoms with Crippen molar-refractivity contribution in [3.05, 3.63) is 0 Å². The first-order valence-electron chi connectivity index (χ1n) is 4.24. The van der Waals surface area contributed by atoms with Gasteiger partial charge in [-0.1, -0.05) is 0 Å². The lowest BCUT2D eigenvalue weighted by Crippen LogP contribution is -2.41. The van der Waals surface area contributed by atoms with Gasteiger partial charge in [-0.15, -0.1) is 0 Å². The SMILES string of the molecule is CC(C)(C)ONCC(C(=O)O)C(F)(F)F. The second-order valence-electron chi connectivity index (χ2n) is 4.00. The molecule has 4 nitrogen and oxygen atoms in total. The lowest BCUT2D eigenvalue weighted by molar-refractivity contribution is -0.200. The van der Waals surface area contributed by atoms with Crippen LogP contribution in [0.3, 0.4) is 0 Å². The van der Waals surface area contributed by atoms with Gasteiger partial charge in [-0.3, -0.25) is 9.63 Å². The van der Waals surface area contributed by atoms with Gasteiger partial charge in [0, 0.05) is 6.54 Å². The van der Waals surface area contributed by atoms with Crippen LogP contribution in [0.1, 0.15) is 20.8 Å². The smallest absolute Gasteiger partial charge is 0.403 e. The molecule has 90 valence electrons. The molecule has 0 saturated heterocycles. The van der Waals surface area contributed by atoms with E-state index in [4.69, 9.17) is 9.94 Å². The zero-order valence-corrected chi connectivity index (χ0v) is 8.68. The van der Waals surface area contributed by atoms with Gasteiger partial charge in [-0.25, -0.2) is 5.48 Å². The number of rotatable bonds is 4. The summed E-state index contributed by atoms with van der Waals surface area (Å²) >= 11 is 0. The molecule has 0 aliphatic carbocycles. The molecular weight excluding hydrogens is 215 g/mol. The highest BCUT2D eigenvalue weighted by Gasteiger charge is 2.45. The highest BCUT2D eigenvalue weighted by atomic mass is 19.4. The molecule has 0 saturated carbocycles. The Kier molecular flexibility index (Phi) is 4.54. The Morgan fingerprint density at radius 2 is 1.87 bits per heavy atom. The molecule has 7 heteroatoms. The third kappa shape index (κ3) is 6.29. The average Bonchev–Trinajstić information content (AvgIpc) is 1.92. The highest BCUT2D eigenvalue weighted by Crippen LogP contribution is 2.25. The normalized spacial score (nSPS) is 15.1. The van der Waals surface area contributed by atoms with E-state index in [1.807, 2.05) is 5.48 Å². The first kappa shape index (κ1) is 14.2. The Balaban J connectivity index is 4.17. The fraction of sp³-hybridized carbons (Fsp3) is 0.875. The predicted molar refractivity (Wildman–Crippen MR) is 46.0 cm³/mol. The van der Waals surface area contributed by atoms with E-state index in [0.717, 1.165) is 0 Å². The number of nitrogens with one attached hydrogen (secondary N) is 1. The molecule has 1 unspecified atom stereocenters. The molecule has 0 bridgehead atoms. The molecule has 1 atom stereocenters. The minimum Gasteiger partial charge on any atom is -0.481 e. The molecule has 0 heterocycles. The lowest BCUT2D eigenvalue weighted by Gasteiger charge is -2.22. The van der Waals surface area contributed by atoms with E-state index in [-0.39, 0.29) is 0 Å². The maximum Gasteiger partial charge on any atom is 0.403 e. The summed E-state index contributed by atoms with van der Waals surface area (Å²) in [6, 6.07) is 0. The number of halogens is 3. The van der Waals surface area contributed by atoms with Crippen molar-refractivity contribution in [3.63, 3.8) is 0 Å². The molecule has 0 spiro atoms. The number of carboxylic acid groups (broad SMARTS) is 1. The van der Waals surface area contributed by atoms with E-state index in [2.05, 4.69) is 0 Å². The molecule has 0 fully saturated rings. The predicted octanol–water partition coefficient (Wildman–Crippen LogP) is 1.57. The number of hydroxylamine groups is 1. The molecule has 0 aromatic rings. The summed E-state index contributed by atoms with van der Waals surface area (Å²) in [5.74, 6) is -4.38. The summed E-state index contributed by atoms with van der Waals surface area (Å²) in [5, 5.41) is 8.32. The fourth-order valence-corrected chi connectivity index (χ4v) is 0.685. The summed E-state index contributed by atoms with van der Waals surface area (Å²) in [4.78, 5) is 15.1. The Labute approximate surface area is 85.4 Å². The van der Waals surface area contributed by atoms with Crippen molar-refractivity contribution >= 4 is 5.97 Å². The third-order valence-electron chi connectivity index (χ3n) is 1.36. The molecule has 0 aromatic carbocycles. The van der Waals surface area contributed by atoms with Gasteiger partial charge in [0.25, 0.3) is 0 Å². The Morgan fingerprint density at radius 1 is 1.40 bits per heavy atom. The number of carbonyl (C=O) groups is 1. The van der Waals surface area contributed by atoms with Crippen LogP contribution in [-0.2, 0) is 9.63 Å². The van der Waals surface area contributed by atoms with Crippen LogP contribution in [0.2, 0.25) is 0 Å². The van der Waals surface area contributed by atoms with Crippen molar-refractivity contribution in [3.8, 4) is 0 Å². The number of alkyl halides is 3. The summed E-state index contributed by atoms with van der Waals surface area (Å²) < 4.78 is 36.3. The first-order chi connectivity index (χ1) is 6.54. The fourth-order valence-electron chi connectivity index (χ4n) is 0.685. The Morgan fingerprint density at radius 3 is 2.13 bits per heavy atom. The number of aliphatic carboxylic acids is 1. The van der Waals surface area contributed by atoms with Crippen LogP contribution >= 0.6 is 0 Å². The Bertz CT molecular complexity index is 222. The summed E-state index contributed by atoms with van der Waals surface area (Å²) in [6.45, 7) is 4.08. The van der Waals surface area contributed by atoms with Gasteiger partial charge < -0.3 is 5.11 Å². The van der Waals surface area contributed by atoms with Gasteiger partial charge in [-0.05, 0) is 20.8 Å². The maximum absolute atomic E-state index is 12.1. The van der Waals surface area contributed by atoms with Gasteiger partial charge in [0.05, 0.1) is 5.60 Å². The van der Waals surface area contributed by atoms with E-state index >= 15 is 0 Å². The van der Waals surface area contributed by atoms with Crippen LogP contribution < -0.4 is 5.48 Å². The molecule has 0 aliphatic heterocycles. The molecule has 2 N–H and O–H groups in total. The summed E-state index contributed by atoms with van der Waals surface area (Å²) in [5.41, 5.74) is 1.34. The van der Waals surface area contributed by atoms with Crippen LogP contribution in [0.5, 0.6) is 0 Å². The van der Waals surface area contributed by atoms with Gasteiger partial charge in [0.2, 0.25) is 0 Å². The van der Waals surface area contributed by atoms with Gasteiger partial charge >= 0.3 is 12.1 Å². The van der Waals surface area contributed by atoms with Crippen molar-refractivity contribution in [1.29, 1.82) is 0 Å². The van der Waals surface area contributed by atoms with E-state index in [0.29, 0.717) is 0 Å². The minimum atomic E-state index is -4.78.